The summed E-state index contributed by atoms with van der Waals surface area (Å²) < 4.78 is 0. The first-order valence-corrected chi connectivity index (χ1v) is 10.3. The van der Waals surface area contributed by atoms with E-state index in [2.05, 4.69) is 22.1 Å². The van der Waals surface area contributed by atoms with Crippen molar-refractivity contribution in [2.75, 3.05) is 27.2 Å². The Hall–Kier alpha value is -2.76. The summed E-state index contributed by atoms with van der Waals surface area (Å²) in [4.78, 5) is 38.1. The maximum atomic E-state index is 13.4. The van der Waals surface area contributed by atoms with Crippen LogP contribution in [0.5, 0.6) is 0 Å². The van der Waals surface area contributed by atoms with Crippen molar-refractivity contribution < 1.29 is 9.59 Å². The fourth-order valence-electron chi connectivity index (χ4n) is 4.54. The zero-order valence-corrected chi connectivity index (χ0v) is 17.2. The number of rotatable bonds is 5. The van der Waals surface area contributed by atoms with E-state index in [1.807, 2.05) is 31.1 Å². The van der Waals surface area contributed by atoms with E-state index in [0.717, 1.165) is 48.9 Å². The molecule has 1 atom stereocenters. The second-order valence-corrected chi connectivity index (χ2v) is 8.58. The number of carbonyl (C=O) groups excluding carboxylic acids is 2. The SMILES string of the molecule is CN(C)C(=O)[C@]1(Cc2ccccc2-c2cncnc2)CCCN(C(=O)C2CC2)C1. The average Bonchev–Trinajstić information content (AvgIpc) is 3.59. The Bertz CT molecular complexity index is 895. The number of likely N-dealkylation sites (tertiary alicyclic amines) is 1. The van der Waals surface area contributed by atoms with Crippen LogP contribution in [-0.2, 0) is 16.0 Å². The van der Waals surface area contributed by atoms with Crippen molar-refractivity contribution in [3.05, 3.63) is 48.5 Å². The van der Waals surface area contributed by atoms with Gasteiger partial charge >= 0.3 is 0 Å². The van der Waals surface area contributed by atoms with Crippen LogP contribution in [0, 0.1) is 11.3 Å². The first-order chi connectivity index (χ1) is 14.0. The predicted molar refractivity (Wildman–Crippen MR) is 111 cm³/mol. The number of carbonyl (C=O) groups is 2. The van der Waals surface area contributed by atoms with Crippen molar-refractivity contribution in [3.63, 3.8) is 0 Å². The fraction of sp³-hybridized carbons (Fsp3) is 0.478. The first-order valence-electron chi connectivity index (χ1n) is 10.3. The highest BCUT2D eigenvalue weighted by Crippen LogP contribution is 2.40. The van der Waals surface area contributed by atoms with Crippen LogP contribution in [0.4, 0.5) is 0 Å². The summed E-state index contributed by atoms with van der Waals surface area (Å²) in [6, 6.07) is 8.13. The van der Waals surface area contributed by atoms with Gasteiger partial charge in [0.2, 0.25) is 11.8 Å². The highest BCUT2D eigenvalue weighted by atomic mass is 16.2. The van der Waals surface area contributed by atoms with Crippen molar-refractivity contribution in [1.82, 2.24) is 19.8 Å². The zero-order valence-electron chi connectivity index (χ0n) is 17.2. The molecule has 0 N–H and O–H groups in total. The summed E-state index contributed by atoms with van der Waals surface area (Å²) in [6.07, 6.45) is 9.34. The highest BCUT2D eigenvalue weighted by Gasteiger charge is 2.46. The van der Waals surface area contributed by atoms with E-state index >= 15 is 0 Å². The van der Waals surface area contributed by atoms with Crippen LogP contribution in [0.3, 0.4) is 0 Å². The number of hydrogen-bond donors (Lipinski definition) is 0. The molecule has 29 heavy (non-hydrogen) atoms. The van der Waals surface area contributed by atoms with E-state index in [4.69, 9.17) is 0 Å². The molecule has 0 spiro atoms. The van der Waals surface area contributed by atoms with Crippen molar-refractivity contribution >= 4 is 11.8 Å². The van der Waals surface area contributed by atoms with Crippen molar-refractivity contribution in [3.8, 4) is 11.1 Å². The molecule has 2 aliphatic rings. The third-order valence-electron chi connectivity index (χ3n) is 6.09. The number of hydrogen-bond acceptors (Lipinski definition) is 4. The van der Waals surface area contributed by atoms with Crippen LogP contribution in [0.2, 0.25) is 0 Å². The maximum Gasteiger partial charge on any atom is 0.230 e. The van der Waals surface area contributed by atoms with Gasteiger partial charge < -0.3 is 9.80 Å². The molecule has 2 amide bonds. The average molecular weight is 393 g/mol. The van der Waals surface area contributed by atoms with Gasteiger partial charge in [0.15, 0.2) is 0 Å². The number of nitrogens with zero attached hydrogens (tertiary/aromatic N) is 4. The lowest BCUT2D eigenvalue weighted by atomic mass is 9.73. The minimum atomic E-state index is -0.599. The van der Waals surface area contributed by atoms with Gasteiger partial charge in [-0.1, -0.05) is 24.3 Å². The first kappa shape index (κ1) is 19.6. The quantitative estimate of drug-likeness (QED) is 0.785. The number of amides is 2. The van der Waals surface area contributed by atoms with Crippen LogP contribution in [0.15, 0.2) is 43.0 Å². The normalized spacial score (nSPS) is 21.7. The Labute approximate surface area is 172 Å². The zero-order chi connectivity index (χ0) is 20.4. The largest absolute Gasteiger partial charge is 0.348 e. The third-order valence-corrected chi connectivity index (χ3v) is 6.09. The summed E-state index contributed by atoms with van der Waals surface area (Å²) >= 11 is 0. The van der Waals surface area contributed by atoms with Gasteiger partial charge in [-0.25, -0.2) is 9.97 Å². The summed E-state index contributed by atoms with van der Waals surface area (Å²) in [6.45, 7) is 1.25. The Kier molecular flexibility index (Phi) is 5.35. The third kappa shape index (κ3) is 4.02. The van der Waals surface area contributed by atoms with Gasteiger partial charge in [0.25, 0.3) is 0 Å². The minimum Gasteiger partial charge on any atom is -0.348 e. The molecule has 1 saturated carbocycles. The number of benzene rings is 1. The van der Waals surface area contributed by atoms with Crippen LogP contribution in [-0.4, -0.2) is 58.8 Å². The lowest BCUT2D eigenvalue weighted by molar-refractivity contribution is -0.147. The van der Waals surface area contributed by atoms with Gasteiger partial charge in [0.1, 0.15) is 6.33 Å². The number of piperidine rings is 1. The summed E-state index contributed by atoms with van der Waals surface area (Å²) in [7, 11) is 3.62. The summed E-state index contributed by atoms with van der Waals surface area (Å²) in [5, 5.41) is 0. The molecule has 1 aromatic carbocycles. The predicted octanol–water partition coefficient (Wildman–Crippen LogP) is 2.79. The standard InChI is InChI=1S/C23H28N4O2/c1-26(2)22(29)23(10-5-11-27(15-23)21(28)17-8-9-17)12-18-6-3-4-7-20(18)19-13-24-16-25-14-19/h3-4,6-7,13-14,16-17H,5,8-12,15H2,1-2H3/t23-/m0/s1. The minimum absolute atomic E-state index is 0.102. The highest BCUT2D eigenvalue weighted by molar-refractivity contribution is 5.86. The van der Waals surface area contributed by atoms with E-state index in [1.54, 1.807) is 17.3 Å². The monoisotopic (exact) mass is 392 g/mol. The molecular formula is C23H28N4O2. The molecule has 1 aromatic heterocycles. The lowest BCUT2D eigenvalue weighted by Gasteiger charge is -2.43. The molecule has 4 rings (SSSR count). The molecule has 2 fully saturated rings. The van der Waals surface area contributed by atoms with Gasteiger partial charge in [-0.15, -0.1) is 0 Å². The van der Waals surface area contributed by atoms with Crippen LogP contribution >= 0.6 is 0 Å². The maximum absolute atomic E-state index is 13.4. The summed E-state index contributed by atoms with van der Waals surface area (Å²) in [5.74, 6) is 0.504. The van der Waals surface area contributed by atoms with Crippen molar-refractivity contribution in [1.29, 1.82) is 0 Å². The molecule has 6 nitrogen and oxygen atoms in total. The molecule has 0 bridgehead atoms. The van der Waals surface area contributed by atoms with E-state index in [0.29, 0.717) is 13.0 Å². The molecule has 1 aliphatic heterocycles. The van der Waals surface area contributed by atoms with E-state index in [9.17, 15) is 9.59 Å². The second kappa shape index (κ2) is 7.93. The van der Waals surface area contributed by atoms with Gasteiger partial charge in [-0.2, -0.15) is 0 Å². The van der Waals surface area contributed by atoms with Gasteiger partial charge in [-0.3, -0.25) is 9.59 Å². The molecule has 2 heterocycles. The van der Waals surface area contributed by atoms with E-state index in [-0.39, 0.29) is 17.7 Å². The molecule has 0 unspecified atom stereocenters. The van der Waals surface area contributed by atoms with Gasteiger partial charge in [-0.05, 0) is 43.2 Å². The van der Waals surface area contributed by atoms with Crippen LogP contribution in [0.25, 0.3) is 11.1 Å². The Balaban J connectivity index is 1.69. The Morgan fingerprint density at radius 1 is 1.17 bits per heavy atom. The Morgan fingerprint density at radius 2 is 1.90 bits per heavy atom. The molecule has 6 heteroatoms. The van der Waals surface area contributed by atoms with Crippen molar-refractivity contribution in [2.24, 2.45) is 11.3 Å². The fourth-order valence-corrected chi connectivity index (χ4v) is 4.54. The molecule has 1 aliphatic carbocycles. The van der Waals surface area contributed by atoms with Crippen LogP contribution in [0.1, 0.15) is 31.2 Å². The number of aromatic nitrogens is 2. The molecular weight excluding hydrogens is 364 g/mol. The molecule has 152 valence electrons. The Morgan fingerprint density at radius 3 is 2.59 bits per heavy atom. The smallest absolute Gasteiger partial charge is 0.230 e. The van der Waals surface area contributed by atoms with Crippen molar-refractivity contribution in [2.45, 2.75) is 32.1 Å². The van der Waals surface area contributed by atoms with Gasteiger partial charge in [0, 0.05) is 51.1 Å². The molecule has 2 aromatic rings. The van der Waals surface area contributed by atoms with Gasteiger partial charge in [0.05, 0.1) is 5.41 Å². The molecule has 0 radical (unpaired) electrons. The topological polar surface area (TPSA) is 66.4 Å². The second-order valence-electron chi connectivity index (χ2n) is 8.58. The summed E-state index contributed by atoms with van der Waals surface area (Å²) in [5.41, 5.74) is 2.48. The van der Waals surface area contributed by atoms with E-state index < -0.39 is 5.41 Å². The van der Waals surface area contributed by atoms with E-state index in [1.165, 1.54) is 6.33 Å². The molecule has 1 saturated heterocycles. The van der Waals surface area contributed by atoms with Crippen LogP contribution < -0.4 is 0 Å². The lowest BCUT2D eigenvalue weighted by Crippen LogP contribution is -2.54.